The van der Waals surface area contributed by atoms with Gasteiger partial charge < -0.3 is 10.6 Å². The van der Waals surface area contributed by atoms with E-state index in [1.54, 1.807) is 0 Å². The van der Waals surface area contributed by atoms with E-state index in [0.717, 1.165) is 12.8 Å². The molecule has 1 amide bonds. The monoisotopic (exact) mass is 282 g/mol. The van der Waals surface area contributed by atoms with E-state index in [1.165, 1.54) is 11.9 Å². The molecule has 0 saturated carbocycles. The number of hydrogen-bond donors (Lipinski definition) is 1. The fourth-order valence-corrected chi connectivity index (χ4v) is 2.39. The minimum Gasteiger partial charge on any atom is -0.345 e. The van der Waals surface area contributed by atoms with Crippen LogP contribution >= 0.6 is 0 Å². The summed E-state index contributed by atoms with van der Waals surface area (Å²) < 4.78 is 36.6. The van der Waals surface area contributed by atoms with Crippen molar-refractivity contribution >= 4 is 5.91 Å². The van der Waals surface area contributed by atoms with Crippen molar-refractivity contribution in [3.63, 3.8) is 0 Å². The molecule has 114 valence electrons. The fraction of sp³-hybridized carbons (Fsp3) is 0.923. The average molecular weight is 282 g/mol. The Labute approximate surface area is 113 Å². The maximum atomic E-state index is 12.4. The van der Waals surface area contributed by atoms with E-state index in [0.29, 0.717) is 12.8 Å². The average Bonchev–Trinajstić information content (AvgIpc) is 2.33. The molecule has 6 heteroatoms. The number of carbonyl (C=O) groups excluding carboxylic acids is 1. The minimum absolute atomic E-state index is 0.184. The summed E-state index contributed by atoms with van der Waals surface area (Å²) in [6.07, 6.45) is -2.41. The first-order chi connectivity index (χ1) is 8.72. The highest BCUT2D eigenvalue weighted by Gasteiger charge is 2.38. The van der Waals surface area contributed by atoms with Gasteiger partial charge in [0.2, 0.25) is 5.91 Å². The lowest BCUT2D eigenvalue weighted by Crippen LogP contribution is -2.47. The van der Waals surface area contributed by atoms with Crippen LogP contribution in [0.4, 0.5) is 13.2 Å². The number of halogens is 3. The van der Waals surface area contributed by atoms with Gasteiger partial charge in [-0.2, -0.15) is 13.2 Å². The van der Waals surface area contributed by atoms with Crippen LogP contribution in [0, 0.1) is 5.41 Å². The normalized spacial score (nSPS) is 12.6. The molecule has 2 N–H and O–H groups in total. The summed E-state index contributed by atoms with van der Waals surface area (Å²) >= 11 is 0. The lowest BCUT2D eigenvalue weighted by atomic mass is 9.78. The van der Waals surface area contributed by atoms with Gasteiger partial charge in [0.15, 0.2) is 0 Å². The summed E-state index contributed by atoms with van der Waals surface area (Å²) in [5, 5.41) is 0. The number of carbonyl (C=O) groups is 1. The highest BCUT2D eigenvalue weighted by Crippen LogP contribution is 2.31. The standard InChI is InChI=1S/C13H25F3N2O/c1-4-6-12(10-17,7-5-2)11(19)18(3)9-8-13(14,15)16/h4-10,17H2,1-3H3. The van der Waals surface area contributed by atoms with Crippen LogP contribution < -0.4 is 5.73 Å². The Balaban J connectivity index is 4.78. The molecule has 3 nitrogen and oxygen atoms in total. The van der Waals surface area contributed by atoms with Gasteiger partial charge in [0.05, 0.1) is 11.8 Å². The van der Waals surface area contributed by atoms with Gasteiger partial charge in [-0.05, 0) is 12.8 Å². The molecule has 0 aromatic heterocycles. The Hall–Kier alpha value is -0.780. The van der Waals surface area contributed by atoms with E-state index in [1.807, 2.05) is 13.8 Å². The van der Waals surface area contributed by atoms with Gasteiger partial charge in [0, 0.05) is 20.1 Å². The molecule has 0 bridgehead atoms. The smallest absolute Gasteiger partial charge is 0.345 e. The molecule has 0 aliphatic carbocycles. The van der Waals surface area contributed by atoms with Crippen LogP contribution in [0.25, 0.3) is 0 Å². The fourth-order valence-electron chi connectivity index (χ4n) is 2.39. The Bertz CT molecular complexity index is 274. The van der Waals surface area contributed by atoms with Gasteiger partial charge in [0.25, 0.3) is 0 Å². The molecule has 0 spiro atoms. The molecule has 19 heavy (non-hydrogen) atoms. The molecule has 0 aromatic carbocycles. The SMILES string of the molecule is CCCC(CN)(CCC)C(=O)N(C)CCC(F)(F)F. The number of nitrogens with zero attached hydrogens (tertiary/aromatic N) is 1. The number of rotatable bonds is 8. The van der Waals surface area contributed by atoms with Crippen molar-refractivity contribution in [2.24, 2.45) is 11.1 Å². The molecular weight excluding hydrogens is 257 g/mol. The first-order valence-corrected chi connectivity index (χ1v) is 6.74. The molecule has 0 aliphatic heterocycles. The number of nitrogens with two attached hydrogens (primary N) is 1. The van der Waals surface area contributed by atoms with Crippen molar-refractivity contribution in [3.05, 3.63) is 0 Å². The largest absolute Gasteiger partial charge is 0.390 e. The first-order valence-electron chi connectivity index (χ1n) is 6.74. The predicted octanol–water partition coefficient (Wildman–Crippen LogP) is 2.94. The second kappa shape index (κ2) is 7.72. The van der Waals surface area contributed by atoms with Crippen molar-refractivity contribution in [3.8, 4) is 0 Å². The van der Waals surface area contributed by atoms with Gasteiger partial charge in [-0.15, -0.1) is 0 Å². The maximum absolute atomic E-state index is 12.4. The van der Waals surface area contributed by atoms with Gasteiger partial charge in [-0.25, -0.2) is 0 Å². The van der Waals surface area contributed by atoms with Gasteiger partial charge in [0.1, 0.15) is 0 Å². The van der Waals surface area contributed by atoms with E-state index in [9.17, 15) is 18.0 Å². The van der Waals surface area contributed by atoms with E-state index < -0.39 is 18.0 Å². The molecule has 0 heterocycles. The summed E-state index contributed by atoms with van der Waals surface area (Å²) in [6.45, 7) is 3.77. The van der Waals surface area contributed by atoms with Crippen molar-refractivity contribution in [1.29, 1.82) is 0 Å². The summed E-state index contributed by atoms with van der Waals surface area (Å²) in [7, 11) is 1.42. The quantitative estimate of drug-likeness (QED) is 0.744. The zero-order valence-corrected chi connectivity index (χ0v) is 12.0. The first kappa shape index (κ1) is 18.2. The van der Waals surface area contributed by atoms with Gasteiger partial charge >= 0.3 is 6.18 Å². The van der Waals surface area contributed by atoms with Crippen LogP contribution in [-0.2, 0) is 4.79 Å². The molecule has 0 aromatic rings. The highest BCUT2D eigenvalue weighted by molar-refractivity contribution is 5.82. The van der Waals surface area contributed by atoms with Crippen LogP contribution in [0.5, 0.6) is 0 Å². The van der Waals surface area contributed by atoms with Crippen molar-refractivity contribution in [2.45, 2.75) is 52.1 Å². The summed E-state index contributed by atoms with van der Waals surface area (Å²) in [6, 6.07) is 0. The molecule has 0 unspecified atom stereocenters. The van der Waals surface area contributed by atoms with Crippen LogP contribution in [0.15, 0.2) is 0 Å². The third kappa shape index (κ3) is 5.80. The van der Waals surface area contributed by atoms with E-state index in [-0.39, 0.29) is 19.0 Å². The summed E-state index contributed by atoms with van der Waals surface area (Å²) in [5.74, 6) is -0.261. The van der Waals surface area contributed by atoms with E-state index in [4.69, 9.17) is 5.73 Å². The maximum Gasteiger partial charge on any atom is 0.390 e. The van der Waals surface area contributed by atoms with Crippen molar-refractivity contribution in [1.82, 2.24) is 4.90 Å². The third-order valence-electron chi connectivity index (χ3n) is 3.38. The second-order valence-electron chi connectivity index (χ2n) is 5.08. The second-order valence-corrected chi connectivity index (χ2v) is 5.08. The molecule has 0 aliphatic rings. The number of alkyl halides is 3. The Morgan fingerprint density at radius 3 is 1.89 bits per heavy atom. The molecule has 0 atom stereocenters. The Morgan fingerprint density at radius 1 is 1.11 bits per heavy atom. The minimum atomic E-state index is -4.24. The van der Waals surface area contributed by atoms with Crippen molar-refractivity contribution in [2.75, 3.05) is 20.1 Å². The number of amides is 1. The summed E-state index contributed by atoms with van der Waals surface area (Å²) in [5.41, 5.74) is 5.03. The summed E-state index contributed by atoms with van der Waals surface area (Å²) in [4.78, 5) is 13.5. The van der Waals surface area contributed by atoms with Crippen LogP contribution in [0.3, 0.4) is 0 Å². The third-order valence-corrected chi connectivity index (χ3v) is 3.38. The Morgan fingerprint density at radius 2 is 1.58 bits per heavy atom. The molecular formula is C13H25F3N2O. The highest BCUT2D eigenvalue weighted by atomic mass is 19.4. The van der Waals surface area contributed by atoms with Crippen LogP contribution in [0.1, 0.15) is 46.0 Å². The number of hydrogen-bond acceptors (Lipinski definition) is 2. The lowest BCUT2D eigenvalue weighted by molar-refractivity contribution is -0.150. The van der Waals surface area contributed by atoms with Gasteiger partial charge in [-0.1, -0.05) is 26.7 Å². The topological polar surface area (TPSA) is 46.3 Å². The molecule has 0 fully saturated rings. The molecule has 0 radical (unpaired) electrons. The van der Waals surface area contributed by atoms with E-state index >= 15 is 0 Å². The van der Waals surface area contributed by atoms with Crippen LogP contribution in [-0.4, -0.2) is 37.1 Å². The van der Waals surface area contributed by atoms with Gasteiger partial charge in [-0.3, -0.25) is 4.79 Å². The molecule has 0 rings (SSSR count). The Kier molecular flexibility index (Phi) is 7.41. The molecule has 0 saturated heterocycles. The lowest BCUT2D eigenvalue weighted by Gasteiger charge is -2.35. The van der Waals surface area contributed by atoms with Crippen LogP contribution in [0.2, 0.25) is 0 Å². The zero-order chi connectivity index (χ0) is 15.1. The van der Waals surface area contributed by atoms with Crippen molar-refractivity contribution < 1.29 is 18.0 Å². The predicted molar refractivity (Wildman–Crippen MR) is 69.6 cm³/mol. The zero-order valence-electron chi connectivity index (χ0n) is 12.0. The van der Waals surface area contributed by atoms with E-state index in [2.05, 4.69) is 0 Å².